The molecule has 0 saturated heterocycles. The zero-order valence-electron chi connectivity index (χ0n) is 13.8. The van der Waals surface area contributed by atoms with Crippen molar-refractivity contribution in [1.29, 1.82) is 0 Å². The monoisotopic (exact) mass is 333 g/mol. The van der Waals surface area contributed by atoms with Crippen molar-refractivity contribution < 1.29 is 14.3 Å². The predicted molar refractivity (Wildman–Crippen MR) is 98.3 cm³/mol. The summed E-state index contributed by atoms with van der Waals surface area (Å²) in [6.45, 7) is 1.09. The third-order valence-electron chi connectivity index (χ3n) is 4.28. The Labute approximate surface area is 146 Å². The highest BCUT2D eigenvalue weighted by atomic mass is 16.6. The van der Waals surface area contributed by atoms with Gasteiger partial charge in [-0.15, -0.1) is 0 Å². The Hall–Kier alpha value is -3.01. The molecule has 126 valence electrons. The van der Waals surface area contributed by atoms with E-state index >= 15 is 0 Å². The number of amides is 1. The van der Waals surface area contributed by atoms with Crippen molar-refractivity contribution in [3.8, 4) is 11.5 Å². The molecule has 0 bridgehead atoms. The molecule has 4 nitrogen and oxygen atoms in total. The van der Waals surface area contributed by atoms with Crippen molar-refractivity contribution in [2.45, 2.75) is 12.8 Å². The van der Waals surface area contributed by atoms with Crippen LogP contribution in [-0.2, 0) is 11.2 Å². The first kappa shape index (κ1) is 15.5. The van der Waals surface area contributed by atoms with Crippen LogP contribution in [-0.4, -0.2) is 19.1 Å². The number of rotatable bonds is 4. The second-order valence-electron chi connectivity index (χ2n) is 6.09. The third-order valence-corrected chi connectivity index (χ3v) is 4.28. The molecule has 0 unspecified atom stereocenters. The zero-order chi connectivity index (χ0) is 17.1. The van der Waals surface area contributed by atoms with Crippen LogP contribution in [0.3, 0.4) is 0 Å². The van der Waals surface area contributed by atoms with Gasteiger partial charge in [-0.05, 0) is 34.9 Å². The van der Waals surface area contributed by atoms with Gasteiger partial charge in [0.1, 0.15) is 13.2 Å². The summed E-state index contributed by atoms with van der Waals surface area (Å²) in [7, 11) is 0. The van der Waals surface area contributed by atoms with Crippen LogP contribution in [0.1, 0.15) is 12.0 Å². The number of anilines is 1. The van der Waals surface area contributed by atoms with Crippen molar-refractivity contribution in [3.63, 3.8) is 0 Å². The smallest absolute Gasteiger partial charge is 0.224 e. The van der Waals surface area contributed by atoms with Crippen LogP contribution in [0, 0.1) is 0 Å². The molecule has 4 heteroatoms. The number of hydrogen-bond acceptors (Lipinski definition) is 3. The first-order valence-corrected chi connectivity index (χ1v) is 8.45. The van der Waals surface area contributed by atoms with Crippen molar-refractivity contribution in [2.24, 2.45) is 0 Å². The highest BCUT2D eigenvalue weighted by molar-refractivity contribution is 5.91. The molecule has 3 aromatic rings. The van der Waals surface area contributed by atoms with E-state index in [2.05, 4.69) is 35.6 Å². The van der Waals surface area contributed by atoms with E-state index in [9.17, 15) is 4.79 Å². The molecular formula is C21H19NO3. The van der Waals surface area contributed by atoms with Crippen LogP contribution in [0.2, 0.25) is 0 Å². The molecule has 0 radical (unpaired) electrons. The van der Waals surface area contributed by atoms with Gasteiger partial charge in [-0.3, -0.25) is 4.79 Å². The lowest BCUT2D eigenvalue weighted by molar-refractivity contribution is -0.116. The van der Waals surface area contributed by atoms with Gasteiger partial charge < -0.3 is 14.8 Å². The van der Waals surface area contributed by atoms with Crippen LogP contribution < -0.4 is 14.8 Å². The quantitative estimate of drug-likeness (QED) is 0.779. The molecule has 0 spiro atoms. The van der Waals surface area contributed by atoms with Crippen molar-refractivity contribution in [2.75, 3.05) is 18.5 Å². The fraction of sp³-hybridized carbons (Fsp3) is 0.190. The predicted octanol–water partition coefficient (Wildman–Crippen LogP) is 4.18. The number of fused-ring (bicyclic) bond motifs is 2. The Balaban J connectivity index is 1.38. The topological polar surface area (TPSA) is 47.6 Å². The fourth-order valence-corrected chi connectivity index (χ4v) is 3.00. The van der Waals surface area contributed by atoms with Crippen LogP contribution in [0.5, 0.6) is 11.5 Å². The van der Waals surface area contributed by atoms with Crippen LogP contribution in [0.25, 0.3) is 10.8 Å². The molecule has 1 N–H and O–H groups in total. The molecule has 1 aliphatic rings. The summed E-state index contributed by atoms with van der Waals surface area (Å²) in [6, 6.07) is 20.0. The van der Waals surface area contributed by atoms with E-state index in [4.69, 9.17) is 9.47 Å². The second-order valence-corrected chi connectivity index (χ2v) is 6.09. The number of carbonyl (C=O) groups excluding carboxylic acids is 1. The zero-order valence-corrected chi connectivity index (χ0v) is 13.8. The Morgan fingerprint density at radius 2 is 1.68 bits per heavy atom. The van der Waals surface area contributed by atoms with Gasteiger partial charge in [-0.25, -0.2) is 0 Å². The average Bonchev–Trinajstić information content (AvgIpc) is 2.66. The molecule has 0 fully saturated rings. The van der Waals surface area contributed by atoms with E-state index in [0.29, 0.717) is 31.8 Å². The second kappa shape index (κ2) is 6.85. The van der Waals surface area contributed by atoms with E-state index in [-0.39, 0.29) is 5.91 Å². The maximum Gasteiger partial charge on any atom is 0.224 e. The highest BCUT2D eigenvalue weighted by Crippen LogP contribution is 2.32. The molecule has 0 aromatic heterocycles. The van der Waals surface area contributed by atoms with Gasteiger partial charge in [0.05, 0.1) is 0 Å². The molecule has 1 heterocycles. The standard InChI is InChI=1S/C21H19NO3/c23-21(22-18-8-9-19-20(14-18)25-12-11-24-19)10-6-15-5-7-16-3-1-2-4-17(16)13-15/h1-5,7-9,13-14H,6,10-12H2,(H,22,23). The maximum absolute atomic E-state index is 12.2. The highest BCUT2D eigenvalue weighted by Gasteiger charge is 2.12. The molecule has 4 rings (SSSR count). The minimum atomic E-state index is -0.00941. The average molecular weight is 333 g/mol. The van der Waals surface area contributed by atoms with E-state index in [0.717, 1.165) is 17.0 Å². The summed E-state index contributed by atoms with van der Waals surface area (Å²) in [5, 5.41) is 5.34. The Morgan fingerprint density at radius 3 is 2.56 bits per heavy atom. The Morgan fingerprint density at radius 1 is 0.880 bits per heavy atom. The van der Waals surface area contributed by atoms with Gasteiger partial charge in [0.15, 0.2) is 11.5 Å². The summed E-state index contributed by atoms with van der Waals surface area (Å²) in [5.41, 5.74) is 1.89. The van der Waals surface area contributed by atoms with Crippen LogP contribution >= 0.6 is 0 Å². The van der Waals surface area contributed by atoms with Gasteiger partial charge in [0, 0.05) is 18.2 Å². The molecule has 0 aliphatic carbocycles. The fourth-order valence-electron chi connectivity index (χ4n) is 3.00. The minimum absolute atomic E-state index is 0.00941. The minimum Gasteiger partial charge on any atom is -0.486 e. The molecular weight excluding hydrogens is 314 g/mol. The van der Waals surface area contributed by atoms with Crippen LogP contribution in [0.4, 0.5) is 5.69 Å². The molecule has 1 amide bonds. The van der Waals surface area contributed by atoms with Crippen molar-refractivity contribution >= 4 is 22.4 Å². The summed E-state index contributed by atoms with van der Waals surface area (Å²) >= 11 is 0. The summed E-state index contributed by atoms with van der Waals surface area (Å²) in [5.74, 6) is 1.39. The lowest BCUT2D eigenvalue weighted by Gasteiger charge is -2.19. The number of aryl methyl sites for hydroxylation is 1. The van der Waals surface area contributed by atoms with Gasteiger partial charge >= 0.3 is 0 Å². The Bertz CT molecular complexity index is 920. The number of hydrogen-bond donors (Lipinski definition) is 1. The number of benzene rings is 3. The number of nitrogens with one attached hydrogen (secondary N) is 1. The van der Waals surface area contributed by atoms with Crippen molar-refractivity contribution in [3.05, 3.63) is 66.2 Å². The van der Waals surface area contributed by atoms with Crippen LogP contribution in [0.15, 0.2) is 60.7 Å². The lowest BCUT2D eigenvalue weighted by Crippen LogP contribution is -2.16. The third kappa shape index (κ3) is 3.58. The molecule has 0 atom stereocenters. The van der Waals surface area contributed by atoms with Gasteiger partial charge in [-0.2, -0.15) is 0 Å². The number of ether oxygens (including phenoxy) is 2. The largest absolute Gasteiger partial charge is 0.486 e. The van der Waals surface area contributed by atoms with Crippen molar-refractivity contribution in [1.82, 2.24) is 0 Å². The van der Waals surface area contributed by atoms with Gasteiger partial charge in [-0.1, -0.05) is 42.5 Å². The summed E-state index contributed by atoms with van der Waals surface area (Å²) < 4.78 is 11.0. The number of carbonyl (C=O) groups is 1. The van der Waals surface area contributed by atoms with E-state index in [1.165, 1.54) is 10.8 Å². The molecule has 3 aromatic carbocycles. The molecule has 1 aliphatic heterocycles. The maximum atomic E-state index is 12.2. The van der Waals surface area contributed by atoms with E-state index in [1.807, 2.05) is 30.3 Å². The normalized spacial score (nSPS) is 12.8. The first-order valence-electron chi connectivity index (χ1n) is 8.45. The Kier molecular flexibility index (Phi) is 4.25. The SMILES string of the molecule is O=C(CCc1ccc2ccccc2c1)Nc1ccc2c(c1)OCCO2. The van der Waals surface area contributed by atoms with Gasteiger partial charge in [0.2, 0.25) is 5.91 Å². The van der Waals surface area contributed by atoms with Gasteiger partial charge in [0.25, 0.3) is 0 Å². The summed E-state index contributed by atoms with van der Waals surface area (Å²) in [6.07, 6.45) is 1.15. The van der Waals surface area contributed by atoms with E-state index < -0.39 is 0 Å². The van der Waals surface area contributed by atoms with E-state index in [1.54, 1.807) is 0 Å². The lowest BCUT2D eigenvalue weighted by atomic mass is 10.0. The molecule has 0 saturated carbocycles. The first-order chi connectivity index (χ1) is 12.3. The summed E-state index contributed by atoms with van der Waals surface area (Å²) in [4.78, 5) is 12.2. The molecule has 25 heavy (non-hydrogen) atoms.